The van der Waals surface area contributed by atoms with Gasteiger partial charge in [-0.15, -0.1) is 0 Å². The van der Waals surface area contributed by atoms with Crippen molar-refractivity contribution in [3.63, 3.8) is 0 Å². The van der Waals surface area contributed by atoms with Crippen molar-refractivity contribution in [3.05, 3.63) is 62.5 Å². The van der Waals surface area contributed by atoms with Gasteiger partial charge in [0.25, 0.3) is 0 Å². The molecule has 0 aliphatic rings. The number of methoxy groups -OCH3 is 1. The number of hydrogen-bond donors (Lipinski definition) is 1. The molecule has 0 saturated heterocycles. The highest BCUT2D eigenvalue weighted by Gasteiger charge is 2.15. The second kappa shape index (κ2) is 7.25. The molecule has 2 nitrogen and oxygen atoms in total. The average Bonchev–Trinajstić information content (AvgIpc) is 2.47. The van der Waals surface area contributed by atoms with Crippen LogP contribution < -0.4 is 10.1 Å². The molecular weight excluding hydrogens is 382 g/mol. The largest absolute Gasteiger partial charge is 0.497 e. The Kier molecular flexibility index (Phi) is 5.64. The molecule has 2 aromatic rings. The summed E-state index contributed by atoms with van der Waals surface area (Å²) in [5.74, 6) is 0.871. The molecule has 0 fully saturated rings. The summed E-state index contributed by atoms with van der Waals surface area (Å²) in [4.78, 5) is 0. The Bertz CT molecular complexity index is 586. The number of rotatable bonds is 5. The van der Waals surface area contributed by atoms with Gasteiger partial charge in [0.15, 0.2) is 0 Å². The van der Waals surface area contributed by atoms with Gasteiger partial charge in [-0.05, 0) is 48.9 Å². The van der Waals surface area contributed by atoms with Crippen LogP contribution in [0.4, 0.5) is 0 Å². The second-order valence-corrected chi connectivity index (χ2v) is 6.23. The third-order valence-corrected chi connectivity index (χ3v) is 4.80. The van der Waals surface area contributed by atoms with Gasteiger partial charge in [-0.1, -0.05) is 50.1 Å². The van der Waals surface area contributed by atoms with Crippen LogP contribution in [-0.4, -0.2) is 14.2 Å². The quantitative estimate of drug-likeness (QED) is 0.786. The van der Waals surface area contributed by atoms with E-state index in [0.29, 0.717) is 0 Å². The minimum Gasteiger partial charge on any atom is -0.497 e. The third-order valence-electron chi connectivity index (χ3n) is 3.31. The fraction of sp³-hybridized carbons (Fsp3) is 0.250. The van der Waals surface area contributed by atoms with Crippen molar-refractivity contribution in [1.82, 2.24) is 5.32 Å². The lowest BCUT2D eigenvalue weighted by molar-refractivity contribution is 0.413. The number of nitrogens with one attached hydrogen (secondary N) is 1. The molecule has 106 valence electrons. The van der Waals surface area contributed by atoms with E-state index in [2.05, 4.69) is 61.4 Å². The Hall–Kier alpha value is -0.840. The summed E-state index contributed by atoms with van der Waals surface area (Å²) in [7, 11) is 3.67. The van der Waals surface area contributed by atoms with Crippen molar-refractivity contribution in [2.75, 3.05) is 14.2 Å². The molecule has 0 bridgehead atoms. The maximum atomic E-state index is 5.32. The van der Waals surface area contributed by atoms with Gasteiger partial charge in [0.1, 0.15) is 5.75 Å². The highest BCUT2D eigenvalue weighted by Crippen LogP contribution is 2.31. The van der Waals surface area contributed by atoms with Crippen molar-refractivity contribution in [1.29, 1.82) is 0 Å². The van der Waals surface area contributed by atoms with Crippen LogP contribution in [0.2, 0.25) is 0 Å². The van der Waals surface area contributed by atoms with Gasteiger partial charge in [0.05, 0.1) is 7.11 Å². The molecule has 0 aliphatic heterocycles. The van der Waals surface area contributed by atoms with Crippen LogP contribution in [0.3, 0.4) is 0 Å². The smallest absolute Gasteiger partial charge is 0.119 e. The Labute approximate surface area is 136 Å². The van der Waals surface area contributed by atoms with Gasteiger partial charge >= 0.3 is 0 Å². The molecule has 1 atom stereocenters. The van der Waals surface area contributed by atoms with Gasteiger partial charge in [0, 0.05) is 15.0 Å². The van der Waals surface area contributed by atoms with E-state index in [1.807, 2.05) is 25.2 Å². The fourth-order valence-corrected chi connectivity index (χ4v) is 3.14. The molecule has 1 N–H and O–H groups in total. The molecule has 0 saturated carbocycles. The fourth-order valence-electron chi connectivity index (χ4n) is 2.17. The summed E-state index contributed by atoms with van der Waals surface area (Å²) < 4.78 is 7.55. The number of ether oxygens (including phenoxy) is 1. The Morgan fingerprint density at radius 3 is 2.50 bits per heavy atom. The van der Waals surface area contributed by atoms with E-state index in [0.717, 1.165) is 21.1 Å². The van der Waals surface area contributed by atoms with Gasteiger partial charge < -0.3 is 10.1 Å². The number of benzene rings is 2. The maximum Gasteiger partial charge on any atom is 0.119 e. The summed E-state index contributed by atoms with van der Waals surface area (Å²) in [6, 6.07) is 14.6. The zero-order valence-corrected chi connectivity index (χ0v) is 14.7. The van der Waals surface area contributed by atoms with Crippen molar-refractivity contribution < 1.29 is 4.74 Å². The summed E-state index contributed by atoms with van der Waals surface area (Å²) in [6.45, 7) is 0. The van der Waals surface area contributed by atoms with E-state index in [4.69, 9.17) is 4.74 Å². The lowest BCUT2D eigenvalue weighted by Gasteiger charge is -2.20. The first-order chi connectivity index (χ1) is 9.65. The van der Waals surface area contributed by atoms with E-state index in [9.17, 15) is 0 Å². The molecule has 0 aliphatic carbocycles. The summed E-state index contributed by atoms with van der Waals surface area (Å²) in [5, 5.41) is 3.38. The molecule has 0 aromatic heterocycles. The van der Waals surface area contributed by atoms with Gasteiger partial charge in [-0.3, -0.25) is 0 Å². The van der Waals surface area contributed by atoms with Crippen LogP contribution in [0, 0.1) is 0 Å². The Balaban J connectivity index is 2.31. The molecule has 0 radical (unpaired) electrons. The Morgan fingerprint density at radius 1 is 1.10 bits per heavy atom. The molecule has 0 spiro atoms. The molecule has 20 heavy (non-hydrogen) atoms. The van der Waals surface area contributed by atoms with Crippen LogP contribution in [0.5, 0.6) is 5.75 Å². The average molecular weight is 399 g/mol. The van der Waals surface area contributed by atoms with Gasteiger partial charge in [-0.2, -0.15) is 0 Å². The second-order valence-electron chi connectivity index (χ2n) is 4.52. The molecule has 2 rings (SSSR count). The van der Waals surface area contributed by atoms with Crippen molar-refractivity contribution in [2.24, 2.45) is 0 Å². The highest BCUT2D eigenvalue weighted by molar-refractivity contribution is 9.10. The van der Waals surface area contributed by atoms with Crippen molar-refractivity contribution in [2.45, 2.75) is 12.5 Å². The minimum atomic E-state index is 0.221. The third kappa shape index (κ3) is 3.62. The maximum absolute atomic E-state index is 5.32. The van der Waals surface area contributed by atoms with Gasteiger partial charge in [-0.25, -0.2) is 0 Å². The normalized spacial score (nSPS) is 12.2. The zero-order valence-electron chi connectivity index (χ0n) is 11.5. The van der Waals surface area contributed by atoms with Crippen LogP contribution in [0.15, 0.2) is 51.4 Å². The van der Waals surface area contributed by atoms with E-state index in [-0.39, 0.29) is 6.04 Å². The zero-order chi connectivity index (χ0) is 14.5. The van der Waals surface area contributed by atoms with E-state index < -0.39 is 0 Å². The first kappa shape index (κ1) is 15.5. The first-order valence-corrected chi connectivity index (χ1v) is 7.98. The van der Waals surface area contributed by atoms with E-state index in [1.165, 1.54) is 11.1 Å². The summed E-state index contributed by atoms with van der Waals surface area (Å²) in [6.07, 6.45) is 0.906. The van der Waals surface area contributed by atoms with E-state index >= 15 is 0 Å². The van der Waals surface area contributed by atoms with Gasteiger partial charge in [0.2, 0.25) is 0 Å². The van der Waals surface area contributed by atoms with Crippen molar-refractivity contribution in [3.8, 4) is 5.75 Å². The van der Waals surface area contributed by atoms with Crippen LogP contribution in [-0.2, 0) is 6.42 Å². The first-order valence-electron chi connectivity index (χ1n) is 6.39. The van der Waals surface area contributed by atoms with E-state index in [1.54, 1.807) is 7.11 Å². The molecule has 4 heteroatoms. The van der Waals surface area contributed by atoms with Crippen LogP contribution >= 0.6 is 31.9 Å². The summed E-state index contributed by atoms with van der Waals surface area (Å²) in [5.41, 5.74) is 2.48. The van der Waals surface area contributed by atoms with Crippen molar-refractivity contribution >= 4 is 31.9 Å². The SMILES string of the molecule is CNC(Cc1ccccc1Br)c1cc(OC)ccc1Br. The van der Waals surface area contributed by atoms with Crippen LogP contribution in [0.25, 0.3) is 0 Å². The lowest BCUT2D eigenvalue weighted by atomic mass is 9.99. The monoisotopic (exact) mass is 397 g/mol. The molecule has 0 heterocycles. The predicted molar refractivity (Wildman–Crippen MR) is 90.3 cm³/mol. The molecule has 2 aromatic carbocycles. The predicted octanol–water partition coefficient (Wildman–Crippen LogP) is 4.72. The molecular formula is C16H17Br2NO. The Morgan fingerprint density at radius 2 is 1.85 bits per heavy atom. The molecule has 1 unspecified atom stereocenters. The lowest BCUT2D eigenvalue weighted by Crippen LogP contribution is -2.19. The number of halogens is 2. The minimum absolute atomic E-state index is 0.221. The molecule has 0 amide bonds. The topological polar surface area (TPSA) is 21.3 Å². The standard InChI is InChI=1S/C16H17Br2NO/c1-19-16(9-11-5-3-4-6-14(11)17)13-10-12(20-2)7-8-15(13)18/h3-8,10,16,19H,9H2,1-2H3. The number of hydrogen-bond acceptors (Lipinski definition) is 2. The highest BCUT2D eigenvalue weighted by atomic mass is 79.9. The number of likely N-dealkylation sites (N-methyl/N-ethyl adjacent to an activating group) is 1. The van der Waals surface area contributed by atoms with Crippen LogP contribution in [0.1, 0.15) is 17.2 Å². The summed E-state index contributed by atoms with van der Waals surface area (Å²) >= 11 is 7.23.